The van der Waals surface area contributed by atoms with Crippen molar-refractivity contribution in [1.29, 1.82) is 0 Å². The van der Waals surface area contributed by atoms with Crippen LogP contribution in [-0.2, 0) is 16.1 Å². The summed E-state index contributed by atoms with van der Waals surface area (Å²) < 4.78 is 5.40. The molecule has 186 valence electrons. The summed E-state index contributed by atoms with van der Waals surface area (Å²) in [5.74, 6) is 0.436. The molecule has 5 rings (SSSR count). The standard InChI is InChI=1S/C27H34N4O4/c28-23-7-9-24(10-8-23)30(27(32)20-4-5-20)18-19-2-1-3-21(16-19)22-6-11-25(26(17-22)31(33)34)29-12-14-35-15-13-29/h1-3,6,11,16-17,20,23-24H,4-5,7-10,12-15,18,28H2. The number of nitrogens with zero attached hydrogens (tertiary/aromatic N) is 3. The van der Waals surface area contributed by atoms with Gasteiger partial charge in [0.05, 0.1) is 18.1 Å². The van der Waals surface area contributed by atoms with E-state index in [0.29, 0.717) is 38.5 Å². The van der Waals surface area contributed by atoms with Crippen molar-refractivity contribution in [2.75, 3.05) is 31.2 Å². The zero-order valence-electron chi connectivity index (χ0n) is 20.1. The number of ether oxygens (including phenoxy) is 1. The maximum Gasteiger partial charge on any atom is 0.293 e. The number of carbonyl (C=O) groups excluding carboxylic acids is 1. The second-order valence-electron chi connectivity index (χ2n) is 10.1. The lowest BCUT2D eigenvalue weighted by atomic mass is 9.90. The number of benzene rings is 2. The van der Waals surface area contributed by atoms with Gasteiger partial charge in [0.25, 0.3) is 5.69 Å². The predicted octanol–water partition coefficient (Wildman–Crippen LogP) is 4.11. The van der Waals surface area contributed by atoms with Crippen molar-refractivity contribution in [3.05, 3.63) is 58.1 Å². The summed E-state index contributed by atoms with van der Waals surface area (Å²) >= 11 is 0. The van der Waals surface area contributed by atoms with Gasteiger partial charge in [-0.2, -0.15) is 0 Å². The maximum absolute atomic E-state index is 13.2. The van der Waals surface area contributed by atoms with Gasteiger partial charge in [-0.1, -0.05) is 24.3 Å². The van der Waals surface area contributed by atoms with Crippen molar-refractivity contribution < 1.29 is 14.5 Å². The van der Waals surface area contributed by atoms with E-state index in [1.807, 2.05) is 35.2 Å². The quantitative estimate of drug-likeness (QED) is 0.475. The molecular formula is C27H34N4O4. The van der Waals surface area contributed by atoms with Gasteiger partial charge in [-0.05, 0) is 67.3 Å². The van der Waals surface area contributed by atoms with Crippen molar-refractivity contribution in [2.24, 2.45) is 11.7 Å². The minimum Gasteiger partial charge on any atom is -0.378 e. The lowest BCUT2D eigenvalue weighted by molar-refractivity contribution is -0.384. The third-order valence-corrected chi connectivity index (χ3v) is 7.53. The highest BCUT2D eigenvalue weighted by Gasteiger charge is 2.37. The smallest absolute Gasteiger partial charge is 0.293 e. The highest BCUT2D eigenvalue weighted by molar-refractivity contribution is 5.81. The van der Waals surface area contributed by atoms with Crippen LogP contribution in [0.25, 0.3) is 11.1 Å². The molecule has 3 fully saturated rings. The zero-order chi connectivity index (χ0) is 24.4. The molecule has 2 aliphatic carbocycles. The van der Waals surface area contributed by atoms with Crippen LogP contribution in [0.3, 0.4) is 0 Å². The first-order chi connectivity index (χ1) is 17.0. The minimum absolute atomic E-state index is 0.110. The van der Waals surface area contributed by atoms with Crippen LogP contribution in [0.4, 0.5) is 11.4 Å². The van der Waals surface area contributed by atoms with Gasteiger partial charge in [-0.3, -0.25) is 14.9 Å². The summed E-state index contributed by atoms with van der Waals surface area (Å²) in [7, 11) is 0. The van der Waals surface area contributed by atoms with Gasteiger partial charge in [0.1, 0.15) is 5.69 Å². The second-order valence-corrected chi connectivity index (χ2v) is 10.1. The number of nitro groups is 1. The molecule has 0 spiro atoms. The molecule has 2 aromatic rings. The van der Waals surface area contributed by atoms with Gasteiger partial charge >= 0.3 is 0 Å². The highest BCUT2D eigenvalue weighted by Crippen LogP contribution is 2.36. The molecule has 0 atom stereocenters. The monoisotopic (exact) mass is 478 g/mol. The molecule has 1 aliphatic heterocycles. The summed E-state index contributed by atoms with van der Waals surface area (Å²) in [6.45, 7) is 3.00. The Morgan fingerprint density at radius 1 is 1.03 bits per heavy atom. The highest BCUT2D eigenvalue weighted by atomic mass is 16.6. The summed E-state index contributed by atoms with van der Waals surface area (Å²) in [5, 5.41) is 11.9. The summed E-state index contributed by atoms with van der Waals surface area (Å²) in [6, 6.07) is 14.0. The minimum atomic E-state index is -0.304. The van der Waals surface area contributed by atoms with E-state index in [-0.39, 0.29) is 34.5 Å². The summed E-state index contributed by atoms with van der Waals surface area (Å²) in [4.78, 5) is 28.8. The van der Waals surface area contributed by atoms with Gasteiger partial charge in [-0.15, -0.1) is 0 Å². The number of carbonyl (C=O) groups is 1. The van der Waals surface area contributed by atoms with E-state index in [1.165, 1.54) is 0 Å². The number of anilines is 1. The van der Waals surface area contributed by atoms with E-state index in [0.717, 1.165) is 55.2 Å². The lowest BCUT2D eigenvalue weighted by Gasteiger charge is -2.36. The maximum atomic E-state index is 13.2. The molecule has 0 unspecified atom stereocenters. The second kappa shape index (κ2) is 10.3. The Labute approximate surface area is 206 Å². The molecular weight excluding hydrogens is 444 g/mol. The number of nitro benzene ring substituents is 1. The molecule has 1 saturated heterocycles. The number of amides is 1. The van der Waals surface area contributed by atoms with Crippen LogP contribution < -0.4 is 10.6 Å². The number of hydrogen-bond acceptors (Lipinski definition) is 6. The Morgan fingerprint density at radius 3 is 2.43 bits per heavy atom. The van der Waals surface area contributed by atoms with E-state index < -0.39 is 0 Å². The lowest BCUT2D eigenvalue weighted by Crippen LogP contribution is -2.44. The van der Waals surface area contributed by atoms with E-state index in [9.17, 15) is 14.9 Å². The van der Waals surface area contributed by atoms with Crippen LogP contribution in [0, 0.1) is 16.0 Å². The van der Waals surface area contributed by atoms with Crippen molar-refractivity contribution in [3.8, 4) is 11.1 Å². The average Bonchev–Trinajstić information content (AvgIpc) is 3.74. The van der Waals surface area contributed by atoms with Crippen molar-refractivity contribution >= 4 is 17.3 Å². The molecule has 1 heterocycles. The van der Waals surface area contributed by atoms with E-state index >= 15 is 0 Å². The molecule has 2 saturated carbocycles. The zero-order valence-corrected chi connectivity index (χ0v) is 20.1. The number of morpholine rings is 1. The fourth-order valence-electron chi connectivity index (χ4n) is 5.33. The largest absolute Gasteiger partial charge is 0.378 e. The van der Waals surface area contributed by atoms with Gasteiger partial charge in [-0.25, -0.2) is 0 Å². The van der Waals surface area contributed by atoms with Crippen LogP contribution in [0.1, 0.15) is 44.1 Å². The number of hydrogen-bond donors (Lipinski definition) is 1. The van der Waals surface area contributed by atoms with Gasteiger partial charge in [0.15, 0.2) is 0 Å². The first-order valence-electron chi connectivity index (χ1n) is 12.8. The Morgan fingerprint density at radius 2 is 1.74 bits per heavy atom. The average molecular weight is 479 g/mol. The third-order valence-electron chi connectivity index (χ3n) is 7.53. The van der Waals surface area contributed by atoms with Crippen LogP contribution in [0.2, 0.25) is 0 Å². The Hall–Kier alpha value is -2.97. The van der Waals surface area contributed by atoms with Crippen LogP contribution >= 0.6 is 0 Å². The molecule has 0 radical (unpaired) electrons. The first kappa shape index (κ1) is 23.8. The Bertz CT molecular complexity index is 1070. The van der Waals surface area contributed by atoms with E-state index in [1.54, 1.807) is 6.07 Å². The topological polar surface area (TPSA) is 102 Å². The fraction of sp³-hybridized carbons (Fsp3) is 0.519. The van der Waals surface area contributed by atoms with Crippen molar-refractivity contribution in [1.82, 2.24) is 4.90 Å². The molecule has 2 N–H and O–H groups in total. The first-order valence-corrected chi connectivity index (χ1v) is 12.8. The van der Waals surface area contributed by atoms with E-state index in [4.69, 9.17) is 10.5 Å². The molecule has 2 aromatic carbocycles. The van der Waals surface area contributed by atoms with Crippen LogP contribution in [0.5, 0.6) is 0 Å². The molecule has 8 nitrogen and oxygen atoms in total. The van der Waals surface area contributed by atoms with Crippen molar-refractivity contribution in [3.63, 3.8) is 0 Å². The SMILES string of the molecule is NC1CCC(N(Cc2cccc(-c3ccc(N4CCOCC4)c([N+](=O)[O-])c3)c2)C(=O)C2CC2)CC1. The molecule has 0 bridgehead atoms. The molecule has 0 aromatic heterocycles. The van der Waals surface area contributed by atoms with Gasteiger partial charge in [0.2, 0.25) is 5.91 Å². The number of rotatable bonds is 7. The molecule has 35 heavy (non-hydrogen) atoms. The number of nitrogens with two attached hydrogens (primary N) is 1. The Kier molecular flexibility index (Phi) is 7.02. The summed E-state index contributed by atoms with van der Waals surface area (Å²) in [5.41, 5.74) is 9.63. The van der Waals surface area contributed by atoms with Crippen LogP contribution in [-0.4, -0.2) is 54.1 Å². The predicted molar refractivity (Wildman–Crippen MR) is 135 cm³/mol. The Balaban J connectivity index is 1.39. The molecule has 3 aliphatic rings. The van der Waals surface area contributed by atoms with Crippen molar-refractivity contribution in [2.45, 2.75) is 57.2 Å². The summed E-state index contributed by atoms with van der Waals surface area (Å²) in [6.07, 6.45) is 5.79. The van der Waals surface area contributed by atoms with Gasteiger partial charge in [0, 0.05) is 43.7 Å². The van der Waals surface area contributed by atoms with Gasteiger partial charge < -0.3 is 20.3 Å². The van der Waals surface area contributed by atoms with E-state index in [2.05, 4.69) is 11.0 Å². The third kappa shape index (κ3) is 5.49. The van der Waals surface area contributed by atoms with Crippen LogP contribution in [0.15, 0.2) is 42.5 Å². The molecule has 1 amide bonds. The normalized spacial score (nSPS) is 22.6. The molecule has 8 heteroatoms. The fourth-order valence-corrected chi connectivity index (χ4v) is 5.33.